The summed E-state index contributed by atoms with van der Waals surface area (Å²) < 4.78 is 25.7. The van der Waals surface area contributed by atoms with Crippen molar-refractivity contribution in [3.05, 3.63) is 24.3 Å². The Balaban J connectivity index is 1.77. The number of carbonyl (C=O) groups is 2. The molecule has 1 fully saturated rings. The van der Waals surface area contributed by atoms with E-state index in [9.17, 15) is 18.0 Å². The molecule has 0 aliphatic carbocycles. The van der Waals surface area contributed by atoms with Gasteiger partial charge in [-0.1, -0.05) is 24.0 Å². The van der Waals surface area contributed by atoms with Crippen molar-refractivity contribution in [2.45, 2.75) is 24.2 Å². The molecule has 2 rings (SSSR count). The van der Waals surface area contributed by atoms with E-state index in [0.29, 0.717) is 41.6 Å². The van der Waals surface area contributed by atoms with E-state index in [2.05, 4.69) is 5.32 Å². The van der Waals surface area contributed by atoms with Crippen molar-refractivity contribution in [3.63, 3.8) is 0 Å². The SMILES string of the molecule is CN(C)S(=O)(=O)c1ccc(NC(=O)CCCCN2C(=O)CSC2=S)cc1. The van der Waals surface area contributed by atoms with Gasteiger partial charge in [0.05, 0.1) is 10.6 Å². The number of nitrogens with zero attached hydrogens (tertiary/aromatic N) is 2. The predicted molar refractivity (Wildman–Crippen MR) is 107 cm³/mol. The minimum absolute atomic E-state index is 0.0252. The molecule has 0 saturated carbocycles. The Kier molecular flexibility index (Phi) is 7.16. The van der Waals surface area contributed by atoms with Gasteiger partial charge in [-0.2, -0.15) is 0 Å². The highest BCUT2D eigenvalue weighted by molar-refractivity contribution is 8.23. The van der Waals surface area contributed by atoms with Gasteiger partial charge >= 0.3 is 0 Å². The maximum Gasteiger partial charge on any atom is 0.242 e. The Hall–Kier alpha value is -1.49. The van der Waals surface area contributed by atoms with Gasteiger partial charge in [-0.3, -0.25) is 14.5 Å². The summed E-state index contributed by atoms with van der Waals surface area (Å²) in [5.74, 6) is 0.272. The van der Waals surface area contributed by atoms with Crippen molar-refractivity contribution in [2.24, 2.45) is 0 Å². The zero-order valence-corrected chi connectivity index (χ0v) is 17.0. The number of benzene rings is 1. The molecule has 1 aliphatic heterocycles. The number of anilines is 1. The fourth-order valence-corrected chi connectivity index (χ4v) is 4.32. The maximum absolute atomic E-state index is 12.0. The average Bonchev–Trinajstić information content (AvgIpc) is 2.90. The van der Waals surface area contributed by atoms with Gasteiger partial charge in [0.25, 0.3) is 0 Å². The highest BCUT2D eigenvalue weighted by Crippen LogP contribution is 2.20. The van der Waals surface area contributed by atoms with Gasteiger partial charge in [-0.25, -0.2) is 12.7 Å². The van der Waals surface area contributed by atoms with Crippen molar-refractivity contribution in [1.29, 1.82) is 0 Å². The predicted octanol–water partition coefficient (Wildman–Crippen LogP) is 1.91. The van der Waals surface area contributed by atoms with E-state index in [1.807, 2.05) is 0 Å². The van der Waals surface area contributed by atoms with Crippen LogP contribution in [0.25, 0.3) is 0 Å². The van der Waals surface area contributed by atoms with E-state index in [-0.39, 0.29) is 16.7 Å². The van der Waals surface area contributed by atoms with Gasteiger partial charge in [0.15, 0.2) is 0 Å². The summed E-state index contributed by atoms with van der Waals surface area (Å²) in [7, 11) is -0.552. The number of unbranched alkanes of at least 4 members (excludes halogenated alkanes) is 1. The standard InChI is InChI=1S/C16H21N3O4S3/c1-18(2)26(22,23)13-8-6-12(7-9-13)17-14(20)5-3-4-10-19-15(21)11-25-16(19)24/h6-9H,3-5,10-11H2,1-2H3,(H,17,20). The van der Waals surface area contributed by atoms with Gasteiger partial charge in [-0.15, -0.1) is 0 Å². The first kappa shape index (κ1) is 20.8. The number of thioether (sulfide) groups is 1. The summed E-state index contributed by atoms with van der Waals surface area (Å²) in [5, 5.41) is 2.74. The van der Waals surface area contributed by atoms with E-state index in [0.717, 1.165) is 4.31 Å². The summed E-state index contributed by atoms with van der Waals surface area (Å²) in [6.45, 7) is 0.537. The van der Waals surface area contributed by atoms with Crippen molar-refractivity contribution in [3.8, 4) is 0 Å². The topological polar surface area (TPSA) is 86.8 Å². The van der Waals surface area contributed by atoms with E-state index in [1.54, 1.807) is 17.0 Å². The Morgan fingerprint density at radius 1 is 1.27 bits per heavy atom. The van der Waals surface area contributed by atoms with Gasteiger partial charge in [0, 0.05) is 32.7 Å². The van der Waals surface area contributed by atoms with Crippen LogP contribution in [0.2, 0.25) is 0 Å². The van der Waals surface area contributed by atoms with Crippen molar-refractivity contribution < 1.29 is 18.0 Å². The largest absolute Gasteiger partial charge is 0.326 e. The highest BCUT2D eigenvalue weighted by Gasteiger charge is 2.25. The fraction of sp³-hybridized carbons (Fsp3) is 0.438. The van der Waals surface area contributed by atoms with E-state index >= 15 is 0 Å². The molecule has 0 bridgehead atoms. The van der Waals surface area contributed by atoms with Crippen molar-refractivity contribution in [2.75, 3.05) is 31.7 Å². The lowest BCUT2D eigenvalue weighted by Crippen LogP contribution is -2.29. The molecule has 0 unspecified atom stereocenters. The quantitative estimate of drug-likeness (QED) is 0.516. The molecule has 0 atom stereocenters. The number of sulfonamides is 1. The maximum atomic E-state index is 12.0. The van der Waals surface area contributed by atoms with Crippen molar-refractivity contribution in [1.82, 2.24) is 9.21 Å². The molecular formula is C16H21N3O4S3. The monoisotopic (exact) mass is 415 g/mol. The second-order valence-electron chi connectivity index (χ2n) is 5.92. The molecule has 0 spiro atoms. The third kappa shape index (κ3) is 5.26. The second kappa shape index (κ2) is 8.94. The molecule has 26 heavy (non-hydrogen) atoms. The normalized spacial score (nSPS) is 15.0. The van der Waals surface area contributed by atoms with Gasteiger partial charge in [0.1, 0.15) is 4.32 Å². The third-order valence-electron chi connectivity index (χ3n) is 3.79. The van der Waals surface area contributed by atoms with E-state index in [4.69, 9.17) is 12.2 Å². The molecule has 0 radical (unpaired) electrons. The Labute approximate surface area is 163 Å². The van der Waals surface area contributed by atoms with Crippen LogP contribution >= 0.6 is 24.0 Å². The molecule has 1 heterocycles. The summed E-state index contributed by atoms with van der Waals surface area (Å²) in [6.07, 6.45) is 1.65. The number of thiocarbonyl (C=S) groups is 1. The summed E-state index contributed by atoms with van der Waals surface area (Å²) in [4.78, 5) is 25.3. The summed E-state index contributed by atoms with van der Waals surface area (Å²) in [5.41, 5.74) is 0.542. The van der Waals surface area contributed by atoms with E-state index in [1.165, 1.54) is 38.0 Å². The first-order chi connectivity index (χ1) is 12.2. The smallest absolute Gasteiger partial charge is 0.242 e. The van der Waals surface area contributed by atoms with Crippen LogP contribution in [0.3, 0.4) is 0 Å². The summed E-state index contributed by atoms with van der Waals surface area (Å²) in [6, 6.07) is 6.05. The lowest BCUT2D eigenvalue weighted by molar-refractivity contribution is -0.124. The zero-order chi connectivity index (χ0) is 19.3. The van der Waals surface area contributed by atoms with E-state index < -0.39 is 10.0 Å². The number of nitrogens with one attached hydrogen (secondary N) is 1. The molecule has 7 nitrogen and oxygen atoms in total. The molecule has 2 amide bonds. The second-order valence-corrected chi connectivity index (χ2v) is 9.68. The average molecular weight is 416 g/mol. The van der Waals surface area contributed by atoms with Gasteiger partial charge in [0.2, 0.25) is 21.8 Å². The van der Waals surface area contributed by atoms with Crippen LogP contribution in [0.15, 0.2) is 29.2 Å². The van der Waals surface area contributed by atoms with Crippen LogP contribution in [0, 0.1) is 0 Å². The first-order valence-corrected chi connectivity index (χ1v) is 10.8. The van der Waals surface area contributed by atoms with Gasteiger partial charge in [-0.05, 0) is 37.1 Å². The highest BCUT2D eigenvalue weighted by atomic mass is 32.2. The Morgan fingerprint density at radius 3 is 2.46 bits per heavy atom. The molecular weight excluding hydrogens is 394 g/mol. The molecule has 142 valence electrons. The van der Waals surface area contributed by atoms with Crippen LogP contribution in [-0.4, -0.2) is 60.2 Å². The van der Waals surface area contributed by atoms with Gasteiger partial charge < -0.3 is 5.32 Å². The van der Waals surface area contributed by atoms with Crippen molar-refractivity contribution >= 4 is 55.8 Å². The van der Waals surface area contributed by atoms with Crippen LogP contribution in [0.4, 0.5) is 5.69 Å². The lowest BCUT2D eigenvalue weighted by atomic mass is 10.2. The third-order valence-corrected chi connectivity index (χ3v) is 7.05. The fourth-order valence-electron chi connectivity index (χ4n) is 2.30. The number of hydrogen-bond acceptors (Lipinski definition) is 6. The molecule has 1 saturated heterocycles. The molecule has 1 aliphatic rings. The minimum Gasteiger partial charge on any atom is -0.326 e. The summed E-state index contributed by atoms with van der Waals surface area (Å²) >= 11 is 6.47. The van der Waals surface area contributed by atoms with Crippen LogP contribution in [-0.2, 0) is 19.6 Å². The molecule has 10 heteroatoms. The number of rotatable bonds is 8. The van der Waals surface area contributed by atoms with Crippen LogP contribution < -0.4 is 5.32 Å². The Bertz CT molecular complexity index is 775. The first-order valence-electron chi connectivity index (χ1n) is 8.01. The molecule has 1 N–H and O–H groups in total. The zero-order valence-electron chi connectivity index (χ0n) is 14.6. The molecule has 0 aromatic heterocycles. The van der Waals surface area contributed by atoms with Crippen LogP contribution in [0.5, 0.6) is 0 Å². The molecule has 1 aromatic carbocycles. The number of hydrogen-bond donors (Lipinski definition) is 1. The molecule has 1 aromatic rings. The lowest BCUT2D eigenvalue weighted by Gasteiger charge is -2.14. The number of amides is 2. The van der Waals surface area contributed by atoms with Crippen LogP contribution in [0.1, 0.15) is 19.3 Å². The Morgan fingerprint density at radius 2 is 1.92 bits per heavy atom. The minimum atomic E-state index is -3.48. The number of carbonyl (C=O) groups excluding carboxylic acids is 2.